The Morgan fingerprint density at radius 3 is 2.52 bits per heavy atom. The Bertz CT molecular complexity index is 449. The Balaban J connectivity index is 1.79. The third-order valence-electron chi connectivity index (χ3n) is 5.23. The van der Waals surface area contributed by atoms with Gasteiger partial charge >= 0.3 is 0 Å². The van der Waals surface area contributed by atoms with Crippen molar-refractivity contribution in [3.63, 3.8) is 0 Å². The Kier molecular flexibility index (Phi) is 3.72. The topological polar surface area (TPSA) is 58.6 Å². The maximum atomic E-state index is 13.0. The Labute approximate surface area is 126 Å². The lowest BCUT2D eigenvalue weighted by Gasteiger charge is -2.35. The molecule has 1 saturated carbocycles. The molecule has 1 N–H and O–H groups in total. The molecule has 0 radical (unpaired) electrons. The number of carbonyl (C=O) groups is 2. The van der Waals surface area contributed by atoms with Gasteiger partial charge in [-0.15, -0.1) is 0 Å². The molecule has 1 aliphatic carbocycles. The smallest absolute Gasteiger partial charge is 0.248 e. The molecule has 2 amide bonds. The molecule has 0 aromatic carbocycles. The second-order valence-corrected chi connectivity index (χ2v) is 7.18. The molecule has 2 saturated heterocycles. The molecule has 0 aromatic heterocycles. The van der Waals surface area contributed by atoms with E-state index in [1.807, 2.05) is 18.7 Å². The minimum atomic E-state index is -0.716. The first-order valence-corrected chi connectivity index (χ1v) is 8.17. The molecule has 3 aliphatic rings. The molecule has 21 heavy (non-hydrogen) atoms. The van der Waals surface area contributed by atoms with Gasteiger partial charge in [0.2, 0.25) is 11.8 Å². The molecular weight excluding hydrogens is 268 g/mol. The first-order valence-electron chi connectivity index (χ1n) is 8.17. The maximum absolute atomic E-state index is 13.0. The van der Waals surface area contributed by atoms with E-state index >= 15 is 0 Å². The van der Waals surface area contributed by atoms with Gasteiger partial charge in [0.15, 0.2) is 0 Å². The van der Waals surface area contributed by atoms with Crippen molar-refractivity contribution in [2.75, 3.05) is 6.54 Å². The van der Waals surface area contributed by atoms with Gasteiger partial charge in [-0.3, -0.25) is 9.59 Å². The molecule has 5 nitrogen and oxygen atoms in total. The zero-order chi connectivity index (χ0) is 15.2. The fraction of sp³-hybridized carbons (Fsp3) is 0.875. The van der Waals surface area contributed by atoms with Crippen LogP contribution in [0.15, 0.2) is 0 Å². The van der Waals surface area contributed by atoms with Crippen molar-refractivity contribution in [2.45, 2.75) is 76.7 Å². The number of rotatable bonds is 3. The number of nitrogens with zero attached hydrogens (tertiary/aromatic N) is 1. The van der Waals surface area contributed by atoms with E-state index in [4.69, 9.17) is 4.74 Å². The van der Waals surface area contributed by atoms with Gasteiger partial charge < -0.3 is 15.0 Å². The molecule has 4 atom stereocenters. The van der Waals surface area contributed by atoms with E-state index in [1.54, 1.807) is 0 Å². The highest BCUT2D eigenvalue weighted by Crippen LogP contribution is 2.42. The van der Waals surface area contributed by atoms with Crippen LogP contribution in [0.5, 0.6) is 0 Å². The fourth-order valence-corrected chi connectivity index (χ4v) is 3.71. The highest BCUT2D eigenvalue weighted by atomic mass is 16.5. The van der Waals surface area contributed by atoms with Crippen LogP contribution in [0.3, 0.4) is 0 Å². The first kappa shape index (κ1) is 14.8. The second-order valence-electron chi connectivity index (χ2n) is 7.18. The van der Waals surface area contributed by atoms with Crippen LogP contribution in [0.2, 0.25) is 0 Å². The third-order valence-corrected chi connectivity index (χ3v) is 5.23. The molecule has 3 fully saturated rings. The molecule has 2 aliphatic heterocycles. The predicted molar refractivity (Wildman–Crippen MR) is 78.6 cm³/mol. The molecule has 0 spiro atoms. The lowest BCUT2D eigenvalue weighted by molar-refractivity contribution is -0.142. The van der Waals surface area contributed by atoms with Crippen LogP contribution in [0.25, 0.3) is 0 Å². The highest BCUT2D eigenvalue weighted by Gasteiger charge is 2.52. The van der Waals surface area contributed by atoms with Crippen molar-refractivity contribution in [1.29, 1.82) is 0 Å². The van der Waals surface area contributed by atoms with Crippen molar-refractivity contribution in [1.82, 2.24) is 10.2 Å². The molecule has 2 heterocycles. The van der Waals surface area contributed by atoms with E-state index in [1.165, 1.54) is 0 Å². The summed E-state index contributed by atoms with van der Waals surface area (Å²) in [5, 5.41) is 2.99. The Morgan fingerprint density at radius 1 is 1.24 bits per heavy atom. The summed E-state index contributed by atoms with van der Waals surface area (Å²) in [5.74, 6) is 0.366. The quantitative estimate of drug-likeness (QED) is 0.857. The first-order chi connectivity index (χ1) is 9.90. The summed E-state index contributed by atoms with van der Waals surface area (Å²) >= 11 is 0. The molecule has 118 valence electrons. The van der Waals surface area contributed by atoms with E-state index < -0.39 is 5.54 Å². The van der Waals surface area contributed by atoms with Crippen molar-refractivity contribution in [2.24, 2.45) is 5.92 Å². The van der Waals surface area contributed by atoms with Gasteiger partial charge in [-0.25, -0.2) is 0 Å². The number of nitrogens with one attached hydrogen (secondary N) is 1. The van der Waals surface area contributed by atoms with E-state index in [0.29, 0.717) is 18.9 Å². The summed E-state index contributed by atoms with van der Waals surface area (Å²) in [4.78, 5) is 27.0. The summed E-state index contributed by atoms with van der Waals surface area (Å²) in [7, 11) is 0. The van der Waals surface area contributed by atoms with E-state index in [2.05, 4.69) is 12.2 Å². The summed E-state index contributed by atoms with van der Waals surface area (Å²) in [6, 6.07) is -0.0578. The van der Waals surface area contributed by atoms with Gasteiger partial charge in [-0.05, 0) is 52.4 Å². The second kappa shape index (κ2) is 5.27. The van der Waals surface area contributed by atoms with Gasteiger partial charge in [0, 0.05) is 19.0 Å². The maximum Gasteiger partial charge on any atom is 0.248 e. The van der Waals surface area contributed by atoms with E-state index in [-0.39, 0.29) is 30.1 Å². The average Bonchev–Trinajstić information content (AvgIpc) is 3.19. The normalized spacial score (nSPS) is 41.1. The third kappa shape index (κ3) is 2.80. The van der Waals surface area contributed by atoms with E-state index in [0.717, 1.165) is 25.7 Å². The summed E-state index contributed by atoms with van der Waals surface area (Å²) in [6.07, 6.45) is 4.89. The monoisotopic (exact) mass is 294 g/mol. The van der Waals surface area contributed by atoms with Gasteiger partial charge in [0.05, 0.1) is 12.2 Å². The summed E-state index contributed by atoms with van der Waals surface area (Å²) < 4.78 is 5.87. The van der Waals surface area contributed by atoms with Crippen LogP contribution in [0.1, 0.15) is 52.9 Å². The lowest BCUT2D eigenvalue weighted by atomic mass is 9.93. The zero-order valence-corrected chi connectivity index (χ0v) is 13.2. The molecule has 0 bridgehead atoms. The van der Waals surface area contributed by atoms with Gasteiger partial charge in [0.25, 0.3) is 0 Å². The number of hydrogen-bond donors (Lipinski definition) is 1. The average molecular weight is 294 g/mol. The van der Waals surface area contributed by atoms with Crippen LogP contribution in [-0.4, -0.2) is 47.0 Å². The number of carbonyl (C=O) groups excluding carboxylic acids is 2. The summed E-state index contributed by atoms with van der Waals surface area (Å²) in [6.45, 7) is 6.55. The van der Waals surface area contributed by atoms with Crippen LogP contribution in [0, 0.1) is 5.92 Å². The van der Waals surface area contributed by atoms with Gasteiger partial charge in [0.1, 0.15) is 5.54 Å². The Hall–Kier alpha value is -1.10. The van der Waals surface area contributed by atoms with Crippen LogP contribution in [-0.2, 0) is 14.3 Å². The zero-order valence-electron chi connectivity index (χ0n) is 13.2. The van der Waals surface area contributed by atoms with Crippen LogP contribution >= 0.6 is 0 Å². The van der Waals surface area contributed by atoms with Crippen molar-refractivity contribution >= 4 is 11.8 Å². The van der Waals surface area contributed by atoms with Crippen molar-refractivity contribution < 1.29 is 14.3 Å². The Morgan fingerprint density at radius 2 is 1.95 bits per heavy atom. The lowest BCUT2D eigenvalue weighted by Crippen LogP contribution is -2.58. The molecule has 0 aromatic rings. The van der Waals surface area contributed by atoms with Crippen LogP contribution < -0.4 is 5.32 Å². The number of ether oxygens (including phenoxy) is 1. The largest absolute Gasteiger partial charge is 0.373 e. The SMILES string of the molecule is CC1CCC(CN2C(=O)C(C)(C3CC3)NC(=O)CC2C)O1. The van der Waals surface area contributed by atoms with Gasteiger partial charge in [-0.1, -0.05) is 0 Å². The minimum absolute atomic E-state index is 0.00606. The van der Waals surface area contributed by atoms with Crippen molar-refractivity contribution in [3.8, 4) is 0 Å². The summed E-state index contributed by atoms with van der Waals surface area (Å²) in [5.41, 5.74) is -0.716. The fourth-order valence-electron chi connectivity index (χ4n) is 3.71. The molecule has 4 unspecified atom stereocenters. The van der Waals surface area contributed by atoms with Crippen molar-refractivity contribution in [3.05, 3.63) is 0 Å². The van der Waals surface area contributed by atoms with E-state index in [9.17, 15) is 9.59 Å². The van der Waals surface area contributed by atoms with Gasteiger partial charge in [-0.2, -0.15) is 0 Å². The molecule has 5 heteroatoms. The highest BCUT2D eigenvalue weighted by molar-refractivity contribution is 5.94. The molecular formula is C16H26N2O3. The predicted octanol–water partition coefficient (Wildman–Crippen LogP) is 1.46. The number of amides is 2. The minimum Gasteiger partial charge on any atom is -0.373 e. The van der Waals surface area contributed by atoms with Crippen LogP contribution in [0.4, 0.5) is 0 Å². The standard InChI is InChI=1S/C16H26N2O3/c1-10-8-14(19)17-16(3,12-5-6-12)15(20)18(10)9-13-7-4-11(2)21-13/h10-13H,4-9H2,1-3H3,(H,17,19). The molecule has 3 rings (SSSR count). The number of hydrogen-bond acceptors (Lipinski definition) is 3.